The second-order valence-electron chi connectivity index (χ2n) is 14.1. The van der Waals surface area contributed by atoms with Crippen molar-refractivity contribution in [1.82, 2.24) is 25.3 Å². The van der Waals surface area contributed by atoms with Crippen LogP contribution in [0.3, 0.4) is 0 Å². The quantitative estimate of drug-likeness (QED) is 0.153. The first-order valence-corrected chi connectivity index (χ1v) is 18.1. The molecule has 13 nitrogen and oxygen atoms in total. The van der Waals surface area contributed by atoms with E-state index in [4.69, 9.17) is 25.2 Å². The molecule has 0 saturated heterocycles. The van der Waals surface area contributed by atoms with E-state index in [2.05, 4.69) is 21.9 Å². The number of nitrogens with one attached hydrogen (secondary N) is 3. The number of allylic oxidation sites excluding steroid dienone is 5. The summed E-state index contributed by atoms with van der Waals surface area (Å²) in [4.78, 5) is 68.7. The third-order valence-corrected chi connectivity index (χ3v) is 11.0. The van der Waals surface area contributed by atoms with E-state index in [9.17, 15) is 24.3 Å². The minimum absolute atomic E-state index is 0.0889. The number of aromatic nitrogens is 4. The van der Waals surface area contributed by atoms with Crippen LogP contribution in [0.4, 0.5) is 0 Å². The van der Waals surface area contributed by atoms with Gasteiger partial charge in [-0.05, 0) is 98.2 Å². The number of aliphatic carboxylic acids is 1. The molecule has 0 radical (unpaired) electrons. The zero-order chi connectivity index (χ0) is 39.8. The van der Waals surface area contributed by atoms with Gasteiger partial charge in [0.15, 0.2) is 0 Å². The minimum Gasteiger partial charge on any atom is -0.481 e. The zero-order valence-electron chi connectivity index (χ0n) is 31.9. The summed E-state index contributed by atoms with van der Waals surface area (Å²) in [5, 5.41) is 13.6. The molecule has 5 heterocycles. The smallest absolute Gasteiger partial charge is 0.312 e. The maximum Gasteiger partial charge on any atom is 0.312 e. The number of nitrogens with zero attached hydrogens (tertiary/aromatic N) is 2. The van der Waals surface area contributed by atoms with Crippen molar-refractivity contribution >= 4 is 68.7 Å². The van der Waals surface area contributed by atoms with Crippen molar-refractivity contribution in [3.8, 4) is 0 Å². The molecule has 3 aromatic rings. The van der Waals surface area contributed by atoms with Crippen LogP contribution in [0.1, 0.15) is 78.1 Å². The molecule has 0 fully saturated rings. The first-order valence-electron chi connectivity index (χ1n) is 18.1. The van der Waals surface area contributed by atoms with Gasteiger partial charge in [-0.25, -0.2) is 4.98 Å². The lowest BCUT2D eigenvalue weighted by Gasteiger charge is -2.36. The van der Waals surface area contributed by atoms with Gasteiger partial charge in [-0.15, -0.1) is 0 Å². The van der Waals surface area contributed by atoms with Crippen molar-refractivity contribution in [2.75, 3.05) is 27.3 Å². The number of carboxylic acids is 1. The van der Waals surface area contributed by atoms with Gasteiger partial charge in [0, 0.05) is 59.1 Å². The van der Waals surface area contributed by atoms with Crippen LogP contribution in [-0.2, 0) is 40.5 Å². The SMILES string of the molecule is C=Cc1c(C)c2cc3nc(cc4[nH]c(cc5nc(cc1[nH]2)C(C)=C5CCC(=O)OC)c(CCC(=O)OC)c4C)C1(C)C3=CC=C(C(=O)NCCN)C1C(=O)O. The molecule has 0 saturated carbocycles. The number of methoxy groups -OCH3 is 2. The predicted molar refractivity (Wildman–Crippen MR) is 211 cm³/mol. The Morgan fingerprint density at radius 2 is 1.53 bits per heavy atom. The highest BCUT2D eigenvalue weighted by molar-refractivity contribution is 6.04. The van der Waals surface area contributed by atoms with Crippen LogP contribution in [0.5, 0.6) is 0 Å². The topological polar surface area (TPSA) is 202 Å². The number of hydrogen-bond donors (Lipinski definition) is 5. The van der Waals surface area contributed by atoms with E-state index in [1.54, 1.807) is 25.2 Å². The molecule has 13 heteroatoms. The molecule has 6 N–H and O–H groups in total. The van der Waals surface area contributed by atoms with Crippen molar-refractivity contribution in [3.63, 3.8) is 0 Å². The van der Waals surface area contributed by atoms with E-state index in [0.717, 1.165) is 44.4 Å². The van der Waals surface area contributed by atoms with Crippen LogP contribution in [0, 0.1) is 19.8 Å². The Labute approximate surface area is 318 Å². The van der Waals surface area contributed by atoms with Crippen molar-refractivity contribution < 1.29 is 33.8 Å². The van der Waals surface area contributed by atoms with Gasteiger partial charge in [-0.3, -0.25) is 24.2 Å². The summed E-state index contributed by atoms with van der Waals surface area (Å²) in [7, 11) is 2.70. The molecule has 0 aromatic carbocycles. The Morgan fingerprint density at radius 3 is 2.18 bits per heavy atom. The van der Waals surface area contributed by atoms with E-state index in [-0.39, 0.29) is 43.4 Å². The summed E-state index contributed by atoms with van der Waals surface area (Å²) in [6.45, 7) is 12.1. The average Bonchev–Trinajstić information content (AvgIpc) is 3.82. The Kier molecular flexibility index (Phi) is 10.8. The summed E-state index contributed by atoms with van der Waals surface area (Å²) in [5.41, 5.74) is 15.4. The number of aromatic amines is 2. The first kappa shape index (κ1) is 38.6. The number of aryl methyl sites for hydroxylation is 3. The van der Waals surface area contributed by atoms with Crippen molar-refractivity contribution in [1.29, 1.82) is 0 Å². The molecule has 1 amide bonds. The lowest BCUT2D eigenvalue weighted by molar-refractivity contribution is -0.143. The fourth-order valence-electron chi connectivity index (χ4n) is 7.87. The second-order valence-corrected chi connectivity index (χ2v) is 14.1. The predicted octanol–water partition coefficient (Wildman–Crippen LogP) is 5.62. The molecular weight excluding hydrogens is 700 g/mol. The van der Waals surface area contributed by atoms with Crippen LogP contribution in [-0.4, -0.2) is 76.2 Å². The number of nitrogens with two attached hydrogens (primary N) is 1. The summed E-state index contributed by atoms with van der Waals surface area (Å²) < 4.78 is 9.93. The monoisotopic (exact) mass is 746 g/mol. The number of rotatable bonds is 11. The Balaban J connectivity index is 1.74. The normalized spacial score (nSPS) is 17.5. The number of ether oxygens (including phenoxy) is 2. The van der Waals surface area contributed by atoms with Gasteiger partial charge < -0.3 is 35.6 Å². The molecule has 6 rings (SSSR count). The molecule has 3 aliphatic rings. The van der Waals surface area contributed by atoms with E-state index in [0.29, 0.717) is 52.2 Å². The molecule has 1 aliphatic carbocycles. The maximum atomic E-state index is 13.4. The fourth-order valence-corrected chi connectivity index (χ4v) is 7.87. The van der Waals surface area contributed by atoms with Crippen LogP contribution in [0.15, 0.2) is 48.6 Å². The van der Waals surface area contributed by atoms with Crippen molar-refractivity contribution in [2.24, 2.45) is 11.7 Å². The molecule has 8 bridgehead atoms. The molecule has 3 aromatic heterocycles. The van der Waals surface area contributed by atoms with Gasteiger partial charge in [0.05, 0.1) is 42.4 Å². The van der Waals surface area contributed by atoms with Crippen LogP contribution in [0.25, 0.3) is 44.9 Å². The highest BCUT2D eigenvalue weighted by atomic mass is 16.5. The molecular formula is C42H46N6O7. The number of carboxylic acid groups (broad SMARTS) is 1. The highest BCUT2D eigenvalue weighted by Crippen LogP contribution is 2.52. The van der Waals surface area contributed by atoms with E-state index in [1.165, 1.54) is 14.2 Å². The second kappa shape index (κ2) is 15.3. The number of H-pyrrole nitrogens is 2. The summed E-state index contributed by atoms with van der Waals surface area (Å²) >= 11 is 0. The third-order valence-electron chi connectivity index (χ3n) is 11.0. The summed E-state index contributed by atoms with van der Waals surface area (Å²) in [5.74, 6) is -3.71. The zero-order valence-corrected chi connectivity index (χ0v) is 31.9. The Morgan fingerprint density at radius 1 is 0.891 bits per heavy atom. The van der Waals surface area contributed by atoms with Crippen LogP contribution in [0.2, 0.25) is 0 Å². The Hall–Kier alpha value is -6.08. The van der Waals surface area contributed by atoms with E-state index < -0.39 is 23.2 Å². The molecule has 286 valence electrons. The maximum absolute atomic E-state index is 13.4. The fraction of sp³-hybridized carbons (Fsp3) is 0.333. The Bertz CT molecular complexity index is 2410. The van der Waals surface area contributed by atoms with Gasteiger partial charge in [-0.2, -0.15) is 0 Å². The summed E-state index contributed by atoms with van der Waals surface area (Å²) in [6.07, 6.45) is 6.08. The lowest BCUT2D eigenvalue weighted by Crippen LogP contribution is -2.44. The molecule has 55 heavy (non-hydrogen) atoms. The van der Waals surface area contributed by atoms with Gasteiger partial charge in [0.1, 0.15) is 5.92 Å². The van der Waals surface area contributed by atoms with Gasteiger partial charge in [-0.1, -0.05) is 24.8 Å². The molecule has 2 atom stereocenters. The standard InChI is InChI=1S/C42H46N6O7/c1-8-24-21(2)30-18-35-28-12-9-27(40(51)44-16-15-43)39(41(52)53)42(28,5)36(48-35)20-31-23(4)26(11-14-38(50)55-7)34(47-31)19-33-25(10-13-37(49)54-6)22(3)29(46-33)17-32(24)45-30/h8-9,12,17-20,39,45,47H,1,10-11,13-16,43H2,2-7H3,(H,44,51)(H,52,53). The third kappa shape index (κ3) is 6.91. The molecule has 2 unspecified atom stereocenters. The van der Waals surface area contributed by atoms with E-state index >= 15 is 0 Å². The van der Waals surface area contributed by atoms with Gasteiger partial charge in [0.2, 0.25) is 5.91 Å². The molecule has 0 spiro atoms. The van der Waals surface area contributed by atoms with Crippen LogP contribution < -0.4 is 11.1 Å². The number of carbonyl (C=O) groups is 4. The summed E-state index contributed by atoms with van der Waals surface area (Å²) in [6, 6.07) is 7.59. The minimum atomic E-state index is -1.29. The average molecular weight is 747 g/mol. The number of carbonyl (C=O) groups excluding carboxylic acids is 3. The highest BCUT2D eigenvalue weighted by Gasteiger charge is 2.53. The largest absolute Gasteiger partial charge is 0.481 e. The number of hydrogen-bond acceptors (Lipinski definition) is 9. The number of esters is 2. The first-order chi connectivity index (χ1) is 26.3. The lowest BCUT2D eigenvalue weighted by atomic mass is 9.64. The van der Waals surface area contributed by atoms with Crippen LogP contribution >= 0.6 is 0 Å². The van der Waals surface area contributed by atoms with E-state index in [1.807, 2.05) is 45.0 Å². The van der Waals surface area contributed by atoms with Gasteiger partial charge in [0.25, 0.3) is 0 Å². The molecule has 2 aliphatic heterocycles. The number of fused-ring (bicyclic) bond motifs is 11. The van der Waals surface area contributed by atoms with Crippen molar-refractivity contribution in [2.45, 2.75) is 58.8 Å². The van der Waals surface area contributed by atoms with Crippen molar-refractivity contribution in [3.05, 3.63) is 93.6 Å². The number of amides is 1. The van der Waals surface area contributed by atoms with Gasteiger partial charge >= 0.3 is 17.9 Å².